The van der Waals surface area contributed by atoms with Gasteiger partial charge in [0, 0.05) is 32.9 Å². The summed E-state index contributed by atoms with van der Waals surface area (Å²) in [6.45, 7) is 1.50. The van der Waals surface area contributed by atoms with Gasteiger partial charge in [-0.3, -0.25) is 28.8 Å². The highest BCUT2D eigenvalue weighted by Crippen LogP contribution is 2.14. The highest BCUT2D eigenvalue weighted by atomic mass is 16.5. The maximum atomic E-state index is 13.7. The van der Waals surface area contributed by atoms with Gasteiger partial charge in [0.05, 0.1) is 56.0 Å². The topological polar surface area (TPSA) is 319 Å². The molecule has 0 bridgehead atoms. The maximum Gasteiger partial charge on any atom is 0.251 e. The second-order valence-electron chi connectivity index (χ2n) is 14.5. The average Bonchev–Trinajstić information content (AvgIpc) is 3.18. The number of aliphatic hydroxyl groups excluding tert-OH is 6. The zero-order valence-electron chi connectivity index (χ0n) is 33.8. The molecular weight excluding hydrogens is 760 g/mol. The van der Waals surface area contributed by atoms with E-state index in [1.165, 1.54) is 39.7 Å². The van der Waals surface area contributed by atoms with Crippen LogP contribution in [-0.4, -0.2) is 148 Å². The van der Waals surface area contributed by atoms with E-state index in [1.54, 1.807) is 18.2 Å². The van der Waals surface area contributed by atoms with Crippen LogP contribution in [0, 0.1) is 5.92 Å². The predicted molar refractivity (Wildman–Crippen MR) is 212 cm³/mol. The number of unbranched alkanes of at least 4 members (excludes halogenated alkanes) is 5. The molecule has 1 aliphatic rings. The van der Waals surface area contributed by atoms with E-state index in [0.29, 0.717) is 0 Å². The van der Waals surface area contributed by atoms with Crippen LogP contribution in [0.25, 0.3) is 0 Å². The first-order chi connectivity index (χ1) is 27.6. The van der Waals surface area contributed by atoms with Gasteiger partial charge in [-0.25, -0.2) is 0 Å². The number of rotatable bonds is 22. The zero-order valence-corrected chi connectivity index (χ0v) is 33.8. The molecule has 1 rings (SSSR count). The minimum absolute atomic E-state index is 0.0453. The first kappa shape index (κ1) is 51.8. The lowest BCUT2D eigenvalue weighted by Crippen LogP contribution is -2.60. The zero-order chi connectivity index (χ0) is 43.6. The minimum Gasteiger partial charge on any atom is -0.394 e. The Morgan fingerprint density at radius 3 is 1.90 bits per heavy atom. The molecule has 0 aliphatic carbocycles. The number of primary amides is 1. The van der Waals surface area contributed by atoms with E-state index < -0.39 is 141 Å². The number of hydrogen-bond donors (Lipinski definition) is 12. The maximum absolute atomic E-state index is 13.7. The molecule has 19 heteroatoms. The molecule has 10 atom stereocenters. The van der Waals surface area contributed by atoms with Gasteiger partial charge in [-0.05, 0) is 19.3 Å². The minimum atomic E-state index is -2.04. The summed E-state index contributed by atoms with van der Waals surface area (Å²) in [5.74, 6) is -7.34. The van der Waals surface area contributed by atoms with E-state index >= 15 is 0 Å². The quantitative estimate of drug-likeness (QED) is 0.0401. The number of aliphatic hydroxyl groups is 6. The van der Waals surface area contributed by atoms with Gasteiger partial charge < -0.3 is 67.7 Å². The molecule has 0 spiro atoms. The van der Waals surface area contributed by atoms with Crippen LogP contribution in [0.15, 0.2) is 36.5 Å². The van der Waals surface area contributed by atoms with Crippen molar-refractivity contribution < 1.29 is 64.1 Å². The van der Waals surface area contributed by atoms with E-state index in [0.717, 1.165) is 12.8 Å². The highest BCUT2D eigenvalue weighted by Gasteiger charge is 2.36. The van der Waals surface area contributed by atoms with Crippen LogP contribution in [0.3, 0.4) is 0 Å². The van der Waals surface area contributed by atoms with Gasteiger partial charge in [-0.15, -0.1) is 0 Å². The van der Waals surface area contributed by atoms with Crippen molar-refractivity contribution in [2.45, 2.75) is 139 Å². The van der Waals surface area contributed by atoms with E-state index in [1.807, 2.05) is 12.2 Å². The monoisotopic (exact) mass is 826 g/mol. The van der Waals surface area contributed by atoms with Crippen LogP contribution in [0.4, 0.5) is 0 Å². The Labute approximate surface area is 339 Å². The third-order valence-electron chi connectivity index (χ3n) is 9.35. The van der Waals surface area contributed by atoms with Gasteiger partial charge in [0.2, 0.25) is 29.5 Å². The van der Waals surface area contributed by atoms with Crippen LogP contribution < -0.4 is 32.3 Å². The van der Waals surface area contributed by atoms with E-state index in [-0.39, 0.29) is 6.42 Å². The van der Waals surface area contributed by atoms with Gasteiger partial charge in [0.25, 0.3) is 5.91 Å². The molecule has 0 radical (unpaired) electrons. The van der Waals surface area contributed by atoms with Crippen molar-refractivity contribution in [3.05, 3.63) is 36.5 Å². The fourth-order valence-corrected chi connectivity index (χ4v) is 5.88. The van der Waals surface area contributed by atoms with E-state index in [9.17, 15) is 59.4 Å². The molecule has 1 fully saturated rings. The summed E-state index contributed by atoms with van der Waals surface area (Å²) >= 11 is 0. The number of allylic oxidation sites excluding steroid dienone is 5. The van der Waals surface area contributed by atoms with E-state index in [2.05, 4.69) is 39.6 Å². The summed E-state index contributed by atoms with van der Waals surface area (Å²) in [6.07, 6.45) is 8.50. The lowest BCUT2D eigenvalue weighted by atomic mass is 9.97. The van der Waals surface area contributed by atoms with Gasteiger partial charge in [0.15, 0.2) is 6.10 Å². The standard InChI is InChI=1S/C39H66N6O13/c1-4-5-6-7-8-9-10-11-12-13-14-15-28(58-3)16-25(48)17-29-34(52)39(57)41-21-24(2)35(53)43-30(18-26(49)22-46)37(55)45-32(20-33(40)51)38(56)44-31(36(54)42-29)19-27(50)23-47/h10-15,24-32,34,46-50,52H,4-9,16-23H2,1-3H3,(H2,40,51)(H,41,57)(H,42,54)(H,43,53)(H,44,56)(H,45,55)/b11-10+,13-12+,15-14+/t24-,25+,26+,27+,28-,29-,30+,31+,32-,34+/m1/s1. The molecule has 1 heterocycles. The fourth-order valence-electron chi connectivity index (χ4n) is 5.88. The van der Waals surface area contributed by atoms with Crippen molar-refractivity contribution >= 4 is 35.4 Å². The normalized spacial score (nSPS) is 25.4. The molecular formula is C39H66N6O13. The third kappa shape index (κ3) is 21.0. The molecule has 1 aliphatic heterocycles. The van der Waals surface area contributed by atoms with Crippen LogP contribution >= 0.6 is 0 Å². The number of nitrogens with two attached hydrogens (primary N) is 1. The van der Waals surface area contributed by atoms with Crippen molar-refractivity contribution in [1.29, 1.82) is 0 Å². The summed E-state index contributed by atoms with van der Waals surface area (Å²) in [6, 6.07) is -6.59. The Morgan fingerprint density at radius 1 is 0.759 bits per heavy atom. The molecule has 330 valence electrons. The van der Waals surface area contributed by atoms with Gasteiger partial charge in [-0.2, -0.15) is 0 Å². The Kier molecular flexibility index (Phi) is 25.9. The number of ether oxygens (including phenoxy) is 1. The molecule has 0 unspecified atom stereocenters. The van der Waals surface area contributed by atoms with Crippen LogP contribution in [-0.2, 0) is 33.5 Å². The first-order valence-electron chi connectivity index (χ1n) is 19.8. The summed E-state index contributed by atoms with van der Waals surface area (Å²) in [7, 11) is 1.42. The lowest BCUT2D eigenvalue weighted by Gasteiger charge is -2.30. The Morgan fingerprint density at radius 2 is 1.31 bits per heavy atom. The van der Waals surface area contributed by atoms with Gasteiger partial charge in [0.1, 0.15) is 18.1 Å². The molecule has 0 saturated carbocycles. The number of carbonyl (C=O) groups is 6. The summed E-state index contributed by atoms with van der Waals surface area (Å²) in [4.78, 5) is 78.8. The number of amides is 6. The molecule has 0 aromatic heterocycles. The predicted octanol–water partition coefficient (Wildman–Crippen LogP) is -2.40. The molecule has 19 nitrogen and oxygen atoms in total. The van der Waals surface area contributed by atoms with Crippen molar-refractivity contribution in [3.8, 4) is 0 Å². The second kappa shape index (κ2) is 29.0. The Bertz CT molecular complexity index is 1380. The SMILES string of the molecule is CCCCCCC/C=C/C=C/C=C/[C@H](C[C@H](O)C[C@H]1NC(=O)[C@H](C[C@H](O)CO)NC(=O)[C@@H](CC(N)=O)NC(=O)[C@H](C[C@H](O)CO)NC(=O)[C@H](C)CNC(=O)[C@H]1O)OC. The van der Waals surface area contributed by atoms with Gasteiger partial charge in [-0.1, -0.05) is 76.0 Å². The molecule has 6 amide bonds. The largest absolute Gasteiger partial charge is 0.394 e. The average molecular weight is 827 g/mol. The summed E-state index contributed by atoms with van der Waals surface area (Å²) < 4.78 is 5.47. The van der Waals surface area contributed by atoms with Crippen LogP contribution in [0.5, 0.6) is 0 Å². The Hall–Kier alpha value is -4.24. The molecule has 0 aromatic rings. The van der Waals surface area contributed by atoms with Crippen molar-refractivity contribution in [2.24, 2.45) is 11.7 Å². The summed E-state index contributed by atoms with van der Waals surface area (Å²) in [5, 5.41) is 73.2. The van der Waals surface area contributed by atoms with Crippen molar-refractivity contribution in [1.82, 2.24) is 26.6 Å². The third-order valence-corrected chi connectivity index (χ3v) is 9.35. The number of hydrogen-bond acceptors (Lipinski definition) is 13. The first-order valence-corrected chi connectivity index (χ1v) is 19.8. The number of methoxy groups -OCH3 is 1. The smallest absolute Gasteiger partial charge is 0.251 e. The number of nitrogens with one attached hydrogen (secondary N) is 5. The molecule has 0 aromatic carbocycles. The fraction of sp³-hybridized carbons (Fsp3) is 0.692. The number of carbonyl (C=O) groups excluding carboxylic acids is 6. The van der Waals surface area contributed by atoms with Crippen LogP contribution in [0.2, 0.25) is 0 Å². The Balaban J connectivity index is 3.39. The van der Waals surface area contributed by atoms with Crippen molar-refractivity contribution in [2.75, 3.05) is 26.9 Å². The highest BCUT2D eigenvalue weighted by molar-refractivity contribution is 5.97. The lowest BCUT2D eigenvalue weighted by molar-refractivity contribution is -0.136. The van der Waals surface area contributed by atoms with Gasteiger partial charge >= 0.3 is 0 Å². The van der Waals surface area contributed by atoms with Crippen LogP contribution in [0.1, 0.15) is 84.5 Å². The second-order valence-corrected chi connectivity index (χ2v) is 14.5. The van der Waals surface area contributed by atoms with Crippen molar-refractivity contribution in [3.63, 3.8) is 0 Å². The molecule has 58 heavy (non-hydrogen) atoms. The molecule has 13 N–H and O–H groups in total. The summed E-state index contributed by atoms with van der Waals surface area (Å²) in [5.41, 5.74) is 5.32. The van der Waals surface area contributed by atoms with E-state index in [4.69, 9.17) is 10.5 Å². The molecule has 1 saturated heterocycles.